The Hall–Kier alpha value is -3.19. The highest BCUT2D eigenvalue weighted by Gasteiger charge is 2.45. The minimum Gasteiger partial charge on any atom is -0.463 e. The van der Waals surface area contributed by atoms with E-state index in [1.54, 1.807) is 16.6 Å². The van der Waals surface area contributed by atoms with Gasteiger partial charge < -0.3 is 14.2 Å². The molecule has 2 fully saturated rings. The molecule has 1 saturated carbocycles. The maximum atomic E-state index is 12.3. The number of carbonyl (C=O) groups excluding carboxylic acids is 2. The molecule has 2 aromatic heterocycles. The number of aromatic nitrogens is 3. The van der Waals surface area contributed by atoms with Gasteiger partial charge in [-0.25, -0.2) is 14.3 Å². The second-order valence-corrected chi connectivity index (χ2v) is 9.70. The number of nitriles is 1. The van der Waals surface area contributed by atoms with Crippen LogP contribution >= 0.6 is 0 Å². The first-order valence-electron chi connectivity index (χ1n) is 13.1. The monoisotopic (exact) mass is 497 g/mol. The molecule has 10 nitrogen and oxygen atoms in total. The summed E-state index contributed by atoms with van der Waals surface area (Å²) in [7, 11) is 0. The number of carbonyl (C=O) groups is 2. The van der Waals surface area contributed by atoms with Crippen molar-refractivity contribution in [3.05, 3.63) is 24.2 Å². The predicted octanol–water partition coefficient (Wildman–Crippen LogP) is 4.88. The molecule has 0 unspecified atom stereocenters. The Bertz CT molecular complexity index is 1090. The zero-order valence-electron chi connectivity index (χ0n) is 20.9. The van der Waals surface area contributed by atoms with E-state index in [1.165, 1.54) is 25.6 Å². The lowest BCUT2D eigenvalue weighted by atomic mass is 9.87. The Labute approximate surface area is 211 Å². The van der Waals surface area contributed by atoms with Crippen LogP contribution in [0.1, 0.15) is 83.2 Å². The fourth-order valence-corrected chi connectivity index (χ4v) is 5.07. The first-order valence-corrected chi connectivity index (χ1v) is 13.1. The van der Waals surface area contributed by atoms with Crippen LogP contribution in [0.5, 0.6) is 0 Å². The van der Waals surface area contributed by atoms with Crippen molar-refractivity contribution in [1.82, 2.24) is 14.6 Å². The first kappa shape index (κ1) is 25.9. The van der Waals surface area contributed by atoms with Gasteiger partial charge in [0.25, 0.3) is 0 Å². The third-order valence-electron chi connectivity index (χ3n) is 7.04. The Morgan fingerprint density at radius 3 is 2.83 bits per heavy atom. The van der Waals surface area contributed by atoms with Gasteiger partial charge in [0.1, 0.15) is 24.5 Å². The number of unbranched alkanes of at least 4 members (excludes halogenated alkanes) is 2. The van der Waals surface area contributed by atoms with Gasteiger partial charge in [-0.15, -0.1) is 0 Å². The molecular weight excluding hydrogens is 462 g/mol. The molecule has 0 spiro atoms. The van der Waals surface area contributed by atoms with Crippen molar-refractivity contribution in [3.63, 3.8) is 0 Å². The van der Waals surface area contributed by atoms with Gasteiger partial charge in [-0.05, 0) is 50.2 Å². The van der Waals surface area contributed by atoms with Crippen LogP contribution in [0, 0.1) is 17.2 Å². The van der Waals surface area contributed by atoms with Gasteiger partial charge >= 0.3 is 12.1 Å². The van der Waals surface area contributed by atoms with Gasteiger partial charge in [-0.1, -0.05) is 39.0 Å². The van der Waals surface area contributed by atoms with Crippen molar-refractivity contribution in [2.24, 2.45) is 5.92 Å². The van der Waals surface area contributed by atoms with Crippen molar-refractivity contribution in [3.8, 4) is 6.07 Å². The molecule has 1 aliphatic carbocycles. The zero-order chi connectivity index (χ0) is 25.4. The number of esters is 1. The van der Waals surface area contributed by atoms with Gasteiger partial charge in [0, 0.05) is 6.42 Å². The lowest BCUT2D eigenvalue weighted by Crippen LogP contribution is -2.29. The number of anilines is 1. The molecule has 1 N–H and O–H groups in total. The van der Waals surface area contributed by atoms with Crippen LogP contribution in [0.2, 0.25) is 0 Å². The summed E-state index contributed by atoms with van der Waals surface area (Å²) in [5.74, 6) is 0.506. The molecule has 2 atom stereocenters. The van der Waals surface area contributed by atoms with Crippen molar-refractivity contribution in [2.45, 2.75) is 89.3 Å². The molecule has 4 rings (SSSR count). The minimum atomic E-state index is -1.24. The smallest absolute Gasteiger partial charge is 0.412 e. The molecule has 0 bridgehead atoms. The van der Waals surface area contributed by atoms with Crippen molar-refractivity contribution in [2.75, 3.05) is 18.5 Å². The number of nitrogens with one attached hydrogen (secondary N) is 1. The van der Waals surface area contributed by atoms with Gasteiger partial charge in [0.05, 0.1) is 18.4 Å². The van der Waals surface area contributed by atoms with E-state index in [0.29, 0.717) is 43.0 Å². The largest absolute Gasteiger partial charge is 0.463 e. The maximum absolute atomic E-state index is 12.3. The molecular formula is C26H35N5O5. The summed E-state index contributed by atoms with van der Waals surface area (Å²) < 4.78 is 18.4. The van der Waals surface area contributed by atoms with Crippen molar-refractivity contribution >= 4 is 23.4 Å². The van der Waals surface area contributed by atoms with E-state index in [0.717, 1.165) is 32.1 Å². The topological polar surface area (TPSA) is 128 Å². The quantitative estimate of drug-likeness (QED) is 0.363. The van der Waals surface area contributed by atoms with E-state index in [1.807, 2.05) is 0 Å². The Kier molecular flexibility index (Phi) is 8.75. The Morgan fingerprint density at radius 1 is 1.22 bits per heavy atom. The third kappa shape index (κ3) is 6.13. The number of amides is 1. The van der Waals surface area contributed by atoms with Crippen LogP contribution in [0.4, 0.5) is 10.6 Å². The predicted molar refractivity (Wildman–Crippen MR) is 131 cm³/mol. The number of rotatable bonds is 10. The maximum Gasteiger partial charge on any atom is 0.412 e. The molecule has 3 heterocycles. The summed E-state index contributed by atoms with van der Waals surface area (Å²) in [6.07, 6.45) is 10.4. The molecule has 0 aromatic carbocycles. The average molecular weight is 498 g/mol. The lowest BCUT2D eigenvalue weighted by Gasteiger charge is -2.22. The summed E-state index contributed by atoms with van der Waals surface area (Å²) in [6, 6.07) is 5.79. The van der Waals surface area contributed by atoms with Crippen LogP contribution in [-0.4, -0.2) is 46.0 Å². The summed E-state index contributed by atoms with van der Waals surface area (Å²) in [4.78, 5) is 28.7. The van der Waals surface area contributed by atoms with E-state index in [4.69, 9.17) is 14.2 Å². The highest BCUT2D eigenvalue weighted by molar-refractivity contribution is 5.88. The minimum absolute atomic E-state index is 0.129. The summed E-state index contributed by atoms with van der Waals surface area (Å²) in [5.41, 5.74) is -0.171. The molecule has 194 valence electrons. The Balaban J connectivity index is 1.38. The highest BCUT2D eigenvalue weighted by atomic mass is 16.6. The zero-order valence-corrected chi connectivity index (χ0v) is 20.9. The molecule has 1 amide bonds. The highest BCUT2D eigenvalue weighted by Crippen LogP contribution is 2.40. The molecule has 2 aliphatic rings. The SMILES string of the molecule is CCCCCOC(=O)Nc1ncnn2c([C@@]3(C#N)CC[C@@H](COC(=O)CC4CCCCC4)O3)ccc12. The van der Waals surface area contributed by atoms with Crippen molar-refractivity contribution < 1.29 is 23.8 Å². The fourth-order valence-electron chi connectivity index (χ4n) is 5.07. The van der Waals surface area contributed by atoms with E-state index >= 15 is 0 Å². The summed E-state index contributed by atoms with van der Waals surface area (Å²) in [6.45, 7) is 2.55. The van der Waals surface area contributed by atoms with Crippen LogP contribution in [0.15, 0.2) is 18.5 Å². The molecule has 36 heavy (non-hydrogen) atoms. The van der Waals surface area contributed by atoms with Crippen LogP contribution < -0.4 is 5.32 Å². The van der Waals surface area contributed by atoms with Gasteiger partial charge in [-0.2, -0.15) is 10.4 Å². The van der Waals surface area contributed by atoms with Gasteiger partial charge in [0.2, 0.25) is 0 Å². The normalized spacial score (nSPS) is 22.3. The van der Waals surface area contributed by atoms with E-state index in [9.17, 15) is 14.9 Å². The second kappa shape index (κ2) is 12.2. The molecule has 0 radical (unpaired) electrons. The number of nitrogens with zero attached hydrogens (tertiary/aromatic N) is 4. The number of fused-ring (bicyclic) bond motifs is 1. The number of ether oxygens (including phenoxy) is 3. The average Bonchev–Trinajstić information content (AvgIpc) is 3.52. The first-order chi connectivity index (χ1) is 17.5. The Morgan fingerprint density at radius 2 is 2.06 bits per heavy atom. The second-order valence-electron chi connectivity index (χ2n) is 9.70. The molecule has 1 saturated heterocycles. The van der Waals surface area contributed by atoms with E-state index in [-0.39, 0.29) is 24.5 Å². The van der Waals surface area contributed by atoms with Gasteiger partial charge in [0.15, 0.2) is 11.4 Å². The van der Waals surface area contributed by atoms with E-state index in [2.05, 4.69) is 28.4 Å². The summed E-state index contributed by atoms with van der Waals surface area (Å²) in [5, 5.41) is 17.0. The van der Waals surface area contributed by atoms with Crippen molar-refractivity contribution in [1.29, 1.82) is 5.26 Å². The molecule has 1 aliphatic heterocycles. The lowest BCUT2D eigenvalue weighted by molar-refractivity contribution is -0.150. The van der Waals surface area contributed by atoms with Crippen LogP contribution in [-0.2, 0) is 24.6 Å². The van der Waals surface area contributed by atoms with E-state index < -0.39 is 11.7 Å². The van der Waals surface area contributed by atoms with Crippen LogP contribution in [0.3, 0.4) is 0 Å². The fraction of sp³-hybridized carbons (Fsp3) is 0.654. The molecule has 10 heteroatoms. The number of hydrogen-bond acceptors (Lipinski definition) is 8. The number of hydrogen-bond donors (Lipinski definition) is 1. The molecule has 2 aromatic rings. The summed E-state index contributed by atoms with van der Waals surface area (Å²) >= 11 is 0. The standard InChI is InChI=1S/C26H35N5O5/c1-2-3-7-14-34-25(33)30-24-21-10-11-22(31(21)29-18-28-24)26(17-27)13-12-20(36-26)16-35-23(32)15-19-8-5-4-6-9-19/h10-11,18-20H,2-9,12-16H2,1H3,(H,28,29,30,33)/t20-,26-/m0/s1. The third-order valence-corrected chi connectivity index (χ3v) is 7.04. The van der Waals surface area contributed by atoms with Crippen LogP contribution in [0.25, 0.3) is 5.52 Å². The van der Waals surface area contributed by atoms with Gasteiger partial charge in [-0.3, -0.25) is 10.1 Å².